The van der Waals surface area contributed by atoms with Crippen molar-refractivity contribution in [2.75, 3.05) is 6.61 Å². The van der Waals surface area contributed by atoms with Gasteiger partial charge in [-0.1, -0.05) is 24.3 Å². The normalized spacial score (nSPS) is 21.5. The first-order chi connectivity index (χ1) is 9.15. The van der Waals surface area contributed by atoms with Gasteiger partial charge >= 0.3 is 5.97 Å². The van der Waals surface area contributed by atoms with E-state index in [9.17, 15) is 9.59 Å². The van der Waals surface area contributed by atoms with Gasteiger partial charge in [-0.2, -0.15) is 0 Å². The van der Waals surface area contributed by atoms with E-state index in [4.69, 9.17) is 4.74 Å². The predicted octanol–water partition coefficient (Wildman–Crippen LogP) is 2.02. The fraction of sp³-hybridized carbons (Fsp3) is 0.333. The Morgan fingerprint density at radius 2 is 2.00 bits per heavy atom. The minimum absolute atomic E-state index is 0.00777. The molecule has 4 nitrogen and oxygen atoms in total. The average Bonchev–Trinajstić information content (AvgIpc) is 3.07. The maximum atomic E-state index is 12.2. The average molecular weight is 259 g/mol. The summed E-state index contributed by atoms with van der Waals surface area (Å²) in [6, 6.07) is 9.24. The third kappa shape index (κ3) is 3.02. The third-order valence-electron chi connectivity index (χ3n) is 3.14. The van der Waals surface area contributed by atoms with Crippen LogP contribution in [0.2, 0.25) is 0 Å². The predicted molar refractivity (Wildman–Crippen MR) is 71.6 cm³/mol. The molecule has 19 heavy (non-hydrogen) atoms. The fourth-order valence-corrected chi connectivity index (χ4v) is 2.04. The van der Waals surface area contributed by atoms with Gasteiger partial charge in [0, 0.05) is 11.6 Å². The van der Waals surface area contributed by atoms with E-state index in [1.807, 2.05) is 25.1 Å². The molecule has 0 spiro atoms. The second kappa shape index (κ2) is 5.69. The van der Waals surface area contributed by atoms with Gasteiger partial charge in [-0.25, -0.2) is 4.79 Å². The number of carbonyl (C=O) groups is 2. The van der Waals surface area contributed by atoms with Gasteiger partial charge in [0.05, 0.1) is 18.7 Å². The summed E-state index contributed by atoms with van der Waals surface area (Å²) < 4.78 is 4.81. The molecule has 1 aliphatic heterocycles. The van der Waals surface area contributed by atoms with Crippen molar-refractivity contribution < 1.29 is 14.3 Å². The quantitative estimate of drug-likeness (QED) is 0.472. The number of hydrogen-bond acceptors (Lipinski definition) is 3. The molecule has 1 saturated heterocycles. The Morgan fingerprint density at radius 1 is 1.32 bits per heavy atom. The summed E-state index contributed by atoms with van der Waals surface area (Å²) in [5.41, 5.74) is 0.668. The number of benzene rings is 1. The second-order valence-corrected chi connectivity index (χ2v) is 4.42. The first-order valence-electron chi connectivity index (χ1n) is 6.37. The highest BCUT2D eigenvalue weighted by atomic mass is 16.5. The molecule has 0 unspecified atom stereocenters. The Labute approximate surface area is 112 Å². The van der Waals surface area contributed by atoms with Crippen molar-refractivity contribution in [1.82, 2.24) is 4.90 Å². The molecule has 100 valence electrons. The molecule has 0 radical (unpaired) electrons. The zero-order chi connectivity index (χ0) is 13.8. The number of ether oxygens (including phenoxy) is 1. The number of rotatable bonds is 4. The van der Waals surface area contributed by atoms with Crippen LogP contribution in [0.25, 0.3) is 0 Å². The van der Waals surface area contributed by atoms with Gasteiger partial charge in [-0.15, -0.1) is 0 Å². The minimum atomic E-state index is -0.367. The molecular formula is C15H17NO3. The van der Waals surface area contributed by atoms with Crippen LogP contribution in [0.15, 0.2) is 42.5 Å². The summed E-state index contributed by atoms with van der Waals surface area (Å²) in [5.74, 6) is -0.375. The summed E-state index contributed by atoms with van der Waals surface area (Å²) >= 11 is 0. The largest absolute Gasteiger partial charge is 0.463 e. The van der Waals surface area contributed by atoms with E-state index in [0.29, 0.717) is 12.2 Å². The highest BCUT2D eigenvalue weighted by Crippen LogP contribution is 2.31. The van der Waals surface area contributed by atoms with E-state index in [2.05, 4.69) is 0 Å². The maximum absolute atomic E-state index is 12.2. The van der Waals surface area contributed by atoms with Gasteiger partial charge in [0.25, 0.3) is 5.91 Å². The topological polar surface area (TPSA) is 46.4 Å². The molecule has 0 aliphatic carbocycles. The van der Waals surface area contributed by atoms with Crippen LogP contribution in [0.4, 0.5) is 0 Å². The van der Waals surface area contributed by atoms with Crippen molar-refractivity contribution in [3.8, 4) is 0 Å². The van der Waals surface area contributed by atoms with E-state index >= 15 is 0 Å². The number of nitrogens with zero attached hydrogens (tertiary/aromatic N) is 1. The lowest BCUT2D eigenvalue weighted by atomic mass is 10.2. The van der Waals surface area contributed by atoms with Crippen LogP contribution in [-0.4, -0.2) is 35.5 Å². The summed E-state index contributed by atoms with van der Waals surface area (Å²) in [5, 5.41) is 0. The third-order valence-corrected chi connectivity index (χ3v) is 3.14. The zero-order valence-electron chi connectivity index (χ0n) is 11.1. The molecule has 1 aromatic carbocycles. The van der Waals surface area contributed by atoms with Crippen molar-refractivity contribution in [2.24, 2.45) is 0 Å². The summed E-state index contributed by atoms with van der Waals surface area (Å²) in [7, 11) is 0. The molecule has 1 fully saturated rings. The first-order valence-corrected chi connectivity index (χ1v) is 6.37. The summed E-state index contributed by atoms with van der Waals surface area (Å²) in [6.45, 7) is 4.08. The number of carbonyl (C=O) groups excluding carboxylic acids is 2. The highest BCUT2D eigenvalue weighted by molar-refractivity contribution is 5.96. The Kier molecular flexibility index (Phi) is 4.00. The molecule has 2 rings (SSSR count). The van der Waals surface area contributed by atoms with Crippen molar-refractivity contribution in [3.05, 3.63) is 48.0 Å². The monoisotopic (exact) mass is 259 g/mol. The van der Waals surface area contributed by atoms with E-state index < -0.39 is 0 Å². The van der Waals surface area contributed by atoms with E-state index in [-0.39, 0.29) is 24.0 Å². The van der Waals surface area contributed by atoms with Crippen LogP contribution in [0.3, 0.4) is 0 Å². The molecule has 2 atom stereocenters. The SMILES string of the molecule is CCOC(=O)/C=C/[C@@H]1[C@@H](C)N1C(=O)c1ccccc1. The van der Waals surface area contributed by atoms with Gasteiger partial charge in [-0.05, 0) is 26.0 Å². The van der Waals surface area contributed by atoms with E-state index in [1.54, 1.807) is 30.0 Å². The maximum Gasteiger partial charge on any atom is 0.330 e. The molecule has 1 heterocycles. The summed E-state index contributed by atoms with van der Waals surface area (Å²) in [6.07, 6.45) is 3.12. The van der Waals surface area contributed by atoms with Gasteiger partial charge in [0.15, 0.2) is 0 Å². The van der Waals surface area contributed by atoms with Gasteiger partial charge in [0.1, 0.15) is 0 Å². The Morgan fingerprint density at radius 3 is 2.63 bits per heavy atom. The molecule has 1 aliphatic rings. The molecule has 0 N–H and O–H groups in total. The van der Waals surface area contributed by atoms with Crippen LogP contribution in [0, 0.1) is 0 Å². The van der Waals surface area contributed by atoms with Crippen molar-refractivity contribution in [2.45, 2.75) is 25.9 Å². The Balaban J connectivity index is 1.97. The molecule has 0 bridgehead atoms. The van der Waals surface area contributed by atoms with Crippen LogP contribution in [0.5, 0.6) is 0 Å². The molecule has 4 heteroatoms. The van der Waals surface area contributed by atoms with Crippen LogP contribution in [0.1, 0.15) is 24.2 Å². The van der Waals surface area contributed by atoms with Crippen molar-refractivity contribution >= 4 is 11.9 Å². The fourth-order valence-electron chi connectivity index (χ4n) is 2.04. The number of esters is 1. The van der Waals surface area contributed by atoms with E-state index in [0.717, 1.165) is 0 Å². The number of hydrogen-bond donors (Lipinski definition) is 0. The molecule has 0 aromatic heterocycles. The first kappa shape index (κ1) is 13.3. The number of amides is 1. The van der Waals surface area contributed by atoms with Gasteiger partial charge in [0.2, 0.25) is 0 Å². The lowest BCUT2D eigenvalue weighted by Crippen LogP contribution is -2.14. The minimum Gasteiger partial charge on any atom is -0.463 e. The van der Waals surface area contributed by atoms with E-state index in [1.165, 1.54) is 6.08 Å². The van der Waals surface area contributed by atoms with Crippen molar-refractivity contribution in [3.63, 3.8) is 0 Å². The van der Waals surface area contributed by atoms with Crippen molar-refractivity contribution in [1.29, 1.82) is 0 Å². The molecular weight excluding hydrogens is 242 g/mol. The molecule has 1 amide bonds. The lowest BCUT2D eigenvalue weighted by molar-refractivity contribution is -0.137. The molecule has 1 aromatic rings. The van der Waals surface area contributed by atoms with Crippen LogP contribution in [-0.2, 0) is 9.53 Å². The molecule has 0 saturated carbocycles. The highest BCUT2D eigenvalue weighted by Gasteiger charge is 2.45. The standard InChI is InChI=1S/C15H17NO3/c1-3-19-14(17)10-9-13-11(2)16(13)15(18)12-7-5-4-6-8-12/h4-11,13H,3H2,1-2H3/b10-9+/t11-,13-,16?/m1/s1. The van der Waals surface area contributed by atoms with Crippen LogP contribution < -0.4 is 0 Å². The summed E-state index contributed by atoms with van der Waals surface area (Å²) in [4.78, 5) is 25.1. The Bertz CT molecular complexity index is 495. The lowest BCUT2D eigenvalue weighted by Gasteiger charge is -2.02. The zero-order valence-corrected chi connectivity index (χ0v) is 11.1. The van der Waals surface area contributed by atoms with Gasteiger partial charge in [-0.3, -0.25) is 4.79 Å². The van der Waals surface area contributed by atoms with Gasteiger partial charge < -0.3 is 9.64 Å². The Hall–Kier alpha value is -2.10. The second-order valence-electron chi connectivity index (χ2n) is 4.42. The van der Waals surface area contributed by atoms with Crippen LogP contribution >= 0.6 is 0 Å². The smallest absolute Gasteiger partial charge is 0.330 e.